The van der Waals surface area contributed by atoms with Crippen molar-refractivity contribution in [2.75, 3.05) is 26.4 Å². The minimum Gasteiger partial charge on any atom is -0.493 e. The van der Waals surface area contributed by atoms with E-state index in [1.807, 2.05) is 6.92 Å². The first-order valence-corrected chi connectivity index (χ1v) is 7.42. The summed E-state index contributed by atoms with van der Waals surface area (Å²) in [5.74, 6) is 1.12. The molecule has 1 aliphatic heterocycles. The second kappa shape index (κ2) is 7.51. The van der Waals surface area contributed by atoms with Crippen molar-refractivity contribution in [2.45, 2.75) is 39.2 Å². The molecular formula is C16H25NO2. The fraction of sp³-hybridized carbons (Fsp3) is 0.625. The van der Waals surface area contributed by atoms with Gasteiger partial charge in [-0.15, -0.1) is 0 Å². The van der Waals surface area contributed by atoms with Crippen molar-refractivity contribution in [3.05, 3.63) is 29.3 Å². The minimum atomic E-state index is 0.374. The molecule has 0 aliphatic carbocycles. The second-order valence-electron chi connectivity index (χ2n) is 4.88. The summed E-state index contributed by atoms with van der Waals surface area (Å²) in [5, 5.41) is 3.57. The largest absolute Gasteiger partial charge is 0.493 e. The fourth-order valence-electron chi connectivity index (χ4n) is 2.66. The predicted molar refractivity (Wildman–Crippen MR) is 77.8 cm³/mol. The Balaban J connectivity index is 2.04. The van der Waals surface area contributed by atoms with Crippen LogP contribution < -0.4 is 10.1 Å². The van der Waals surface area contributed by atoms with Gasteiger partial charge in [-0.05, 0) is 31.9 Å². The molecule has 0 spiro atoms. The molecule has 1 heterocycles. The number of benzene rings is 1. The molecule has 3 heteroatoms. The number of ether oxygens (including phenoxy) is 2. The van der Waals surface area contributed by atoms with Crippen LogP contribution in [-0.4, -0.2) is 26.4 Å². The summed E-state index contributed by atoms with van der Waals surface area (Å²) in [4.78, 5) is 0. The Hall–Kier alpha value is -1.06. The first kappa shape index (κ1) is 14.4. The van der Waals surface area contributed by atoms with Crippen LogP contribution in [-0.2, 0) is 11.2 Å². The molecule has 1 aromatic carbocycles. The van der Waals surface area contributed by atoms with Crippen molar-refractivity contribution >= 4 is 0 Å². The standard InChI is InChI=1S/C16H25NO2/c1-3-17-15(9-6-11-18-4-2)14-8-5-7-13-10-12-19-16(13)14/h5,7-8,15,17H,3-4,6,9-12H2,1-2H3. The van der Waals surface area contributed by atoms with Gasteiger partial charge in [-0.25, -0.2) is 0 Å². The highest BCUT2D eigenvalue weighted by atomic mass is 16.5. The molecule has 0 fully saturated rings. The van der Waals surface area contributed by atoms with Crippen molar-refractivity contribution in [3.8, 4) is 5.75 Å². The lowest BCUT2D eigenvalue weighted by molar-refractivity contribution is 0.140. The third-order valence-corrected chi connectivity index (χ3v) is 3.56. The van der Waals surface area contributed by atoms with Gasteiger partial charge in [0, 0.05) is 31.2 Å². The molecule has 0 radical (unpaired) electrons. The highest BCUT2D eigenvalue weighted by Gasteiger charge is 2.21. The smallest absolute Gasteiger partial charge is 0.127 e. The SMILES string of the molecule is CCNC(CCCOCC)c1cccc2c1OCC2. The first-order valence-electron chi connectivity index (χ1n) is 7.42. The maximum Gasteiger partial charge on any atom is 0.127 e. The van der Waals surface area contributed by atoms with Gasteiger partial charge >= 0.3 is 0 Å². The Morgan fingerprint density at radius 1 is 1.37 bits per heavy atom. The maximum absolute atomic E-state index is 5.81. The number of nitrogens with one attached hydrogen (secondary N) is 1. The van der Waals surface area contributed by atoms with Crippen LogP contribution in [0.25, 0.3) is 0 Å². The van der Waals surface area contributed by atoms with Crippen molar-refractivity contribution in [1.82, 2.24) is 5.32 Å². The van der Waals surface area contributed by atoms with Crippen LogP contribution in [0.15, 0.2) is 18.2 Å². The zero-order valence-corrected chi connectivity index (χ0v) is 12.1. The van der Waals surface area contributed by atoms with Crippen LogP contribution in [0.1, 0.15) is 43.9 Å². The number of para-hydroxylation sites is 1. The summed E-state index contributed by atoms with van der Waals surface area (Å²) >= 11 is 0. The predicted octanol–water partition coefficient (Wildman–Crippen LogP) is 3.09. The minimum absolute atomic E-state index is 0.374. The number of hydrogen-bond acceptors (Lipinski definition) is 3. The van der Waals surface area contributed by atoms with E-state index in [1.165, 1.54) is 11.1 Å². The molecule has 106 valence electrons. The van der Waals surface area contributed by atoms with E-state index in [2.05, 4.69) is 30.4 Å². The van der Waals surface area contributed by atoms with Crippen molar-refractivity contribution in [1.29, 1.82) is 0 Å². The van der Waals surface area contributed by atoms with Gasteiger partial charge in [-0.3, -0.25) is 0 Å². The van der Waals surface area contributed by atoms with Crippen LogP contribution in [0.2, 0.25) is 0 Å². The van der Waals surface area contributed by atoms with E-state index in [4.69, 9.17) is 9.47 Å². The van der Waals surface area contributed by atoms with Gasteiger partial charge in [-0.1, -0.05) is 25.1 Å². The van der Waals surface area contributed by atoms with E-state index in [-0.39, 0.29) is 0 Å². The molecule has 1 N–H and O–H groups in total. The number of fused-ring (bicyclic) bond motifs is 1. The molecule has 0 amide bonds. The normalized spacial score (nSPS) is 15.1. The van der Waals surface area contributed by atoms with Crippen molar-refractivity contribution in [2.24, 2.45) is 0 Å². The molecule has 0 saturated carbocycles. The molecule has 1 unspecified atom stereocenters. The Labute approximate surface area is 116 Å². The van der Waals surface area contributed by atoms with Crippen molar-refractivity contribution < 1.29 is 9.47 Å². The van der Waals surface area contributed by atoms with Gasteiger partial charge in [0.2, 0.25) is 0 Å². The first-order chi connectivity index (χ1) is 9.36. The van der Waals surface area contributed by atoms with Crippen LogP contribution >= 0.6 is 0 Å². The van der Waals surface area contributed by atoms with Crippen LogP contribution in [0.4, 0.5) is 0 Å². The highest BCUT2D eigenvalue weighted by molar-refractivity contribution is 5.45. The van der Waals surface area contributed by atoms with E-state index in [0.717, 1.165) is 51.4 Å². The quantitative estimate of drug-likeness (QED) is 0.731. The molecule has 3 nitrogen and oxygen atoms in total. The average molecular weight is 263 g/mol. The summed E-state index contributed by atoms with van der Waals surface area (Å²) in [5.41, 5.74) is 2.67. The van der Waals surface area contributed by atoms with Gasteiger partial charge in [0.1, 0.15) is 5.75 Å². The second-order valence-corrected chi connectivity index (χ2v) is 4.88. The Kier molecular flexibility index (Phi) is 5.67. The Bertz CT molecular complexity index is 392. The highest BCUT2D eigenvalue weighted by Crippen LogP contribution is 2.35. The topological polar surface area (TPSA) is 30.5 Å². The molecule has 2 rings (SSSR count). The monoisotopic (exact) mass is 263 g/mol. The molecule has 19 heavy (non-hydrogen) atoms. The van der Waals surface area contributed by atoms with Crippen LogP contribution in [0, 0.1) is 0 Å². The van der Waals surface area contributed by atoms with Crippen LogP contribution in [0.5, 0.6) is 5.75 Å². The zero-order chi connectivity index (χ0) is 13.5. The van der Waals surface area contributed by atoms with Crippen LogP contribution in [0.3, 0.4) is 0 Å². The summed E-state index contributed by atoms with van der Waals surface area (Å²) < 4.78 is 11.2. The molecule has 0 saturated heterocycles. The van der Waals surface area contributed by atoms with Gasteiger partial charge in [-0.2, -0.15) is 0 Å². The third-order valence-electron chi connectivity index (χ3n) is 3.56. The maximum atomic E-state index is 5.81. The lowest BCUT2D eigenvalue weighted by Crippen LogP contribution is -2.22. The van der Waals surface area contributed by atoms with Gasteiger partial charge in [0.05, 0.1) is 6.61 Å². The van der Waals surface area contributed by atoms with E-state index >= 15 is 0 Å². The van der Waals surface area contributed by atoms with E-state index in [1.54, 1.807) is 0 Å². The molecule has 0 aromatic heterocycles. The third kappa shape index (κ3) is 3.71. The number of rotatable bonds is 8. The molecule has 0 bridgehead atoms. The van der Waals surface area contributed by atoms with Gasteiger partial charge in [0.15, 0.2) is 0 Å². The fourth-order valence-corrected chi connectivity index (χ4v) is 2.66. The Morgan fingerprint density at radius 2 is 2.26 bits per heavy atom. The molecular weight excluding hydrogens is 238 g/mol. The lowest BCUT2D eigenvalue weighted by atomic mass is 9.98. The van der Waals surface area contributed by atoms with E-state index < -0.39 is 0 Å². The molecule has 1 aliphatic rings. The van der Waals surface area contributed by atoms with Crippen molar-refractivity contribution in [3.63, 3.8) is 0 Å². The Morgan fingerprint density at radius 3 is 3.05 bits per heavy atom. The van der Waals surface area contributed by atoms with Gasteiger partial charge < -0.3 is 14.8 Å². The summed E-state index contributed by atoms with van der Waals surface area (Å²) in [6.45, 7) is 7.64. The summed E-state index contributed by atoms with van der Waals surface area (Å²) in [6.07, 6.45) is 3.21. The van der Waals surface area contributed by atoms with Gasteiger partial charge in [0.25, 0.3) is 0 Å². The lowest BCUT2D eigenvalue weighted by Gasteiger charge is -2.20. The summed E-state index contributed by atoms with van der Waals surface area (Å²) in [7, 11) is 0. The summed E-state index contributed by atoms with van der Waals surface area (Å²) in [6, 6.07) is 6.89. The number of hydrogen-bond donors (Lipinski definition) is 1. The van der Waals surface area contributed by atoms with E-state index in [9.17, 15) is 0 Å². The van der Waals surface area contributed by atoms with E-state index in [0.29, 0.717) is 6.04 Å². The molecule has 1 atom stereocenters. The molecule has 1 aromatic rings. The zero-order valence-electron chi connectivity index (χ0n) is 12.1. The average Bonchev–Trinajstić information content (AvgIpc) is 2.90.